The van der Waals surface area contributed by atoms with Crippen LogP contribution in [0.3, 0.4) is 0 Å². The lowest BCUT2D eigenvalue weighted by atomic mass is 9.91. The number of aliphatic carboxylic acids is 1. The first kappa shape index (κ1) is 15.9. The van der Waals surface area contributed by atoms with Crippen LogP contribution in [0.25, 0.3) is 0 Å². The predicted octanol–water partition coefficient (Wildman–Crippen LogP) is 0.0266. The normalized spacial score (nSPS) is 24.1. The summed E-state index contributed by atoms with van der Waals surface area (Å²) in [6.07, 6.45) is 2.54. The first-order valence-corrected chi connectivity index (χ1v) is 6.99. The van der Waals surface area contributed by atoms with E-state index in [4.69, 9.17) is 10.8 Å². The van der Waals surface area contributed by atoms with E-state index in [0.717, 1.165) is 25.9 Å². The zero-order valence-corrected chi connectivity index (χ0v) is 11.6. The van der Waals surface area contributed by atoms with E-state index < -0.39 is 5.97 Å². The van der Waals surface area contributed by atoms with Crippen molar-refractivity contribution in [3.63, 3.8) is 0 Å². The van der Waals surface area contributed by atoms with Crippen LogP contribution < -0.4 is 11.1 Å². The Hall–Kier alpha value is -1.14. The number of nitrogens with one attached hydrogen (secondary N) is 1. The molecule has 0 saturated carbocycles. The zero-order valence-electron chi connectivity index (χ0n) is 11.6. The molecule has 0 aromatic heterocycles. The molecule has 2 atom stereocenters. The minimum atomic E-state index is -0.829. The quantitative estimate of drug-likeness (QED) is 0.568. The Kier molecular flexibility index (Phi) is 6.80. The fourth-order valence-electron chi connectivity index (χ4n) is 2.43. The number of hydrogen-bond donors (Lipinski definition) is 3. The molecule has 0 aromatic carbocycles. The van der Waals surface area contributed by atoms with Crippen molar-refractivity contribution in [2.75, 3.05) is 26.2 Å². The van der Waals surface area contributed by atoms with Gasteiger partial charge in [0.15, 0.2) is 0 Å². The summed E-state index contributed by atoms with van der Waals surface area (Å²) in [4.78, 5) is 24.2. The highest BCUT2D eigenvalue weighted by atomic mass is 16.4. The van der Waals surface area contributed by atoms with Crippen molar-refractivity contribution >= 4 is 11.9 Å². The largest absolute Gasteiger partial charge is 0.481 e. The molecule has 6 heteroatoms. The molecule has 1 heterocycles. The van der Waals surface area contributed by atoms with Gasteiger partial charge in [0.1, 0.15) is 0 Å². The van der Waals surface area contributed by atoms with Gasteiger partial charge in [-0.25, -0.2) is 0 Å². The second-order valence-electron chi connectivity index (χ2n) is 5.20. The van der Waals surface area contributed by atoms with Gasteiger partial charge in [0.2, 0.25) is 5.91 Å². The van der Waals surface area contributed by atoms with Gasteiger partial charge in [0.25, 0.3) is 0 Å². The number of carboxylic acids is 1. The van der Waals surface area contributed by atoms with Crippen LogP contribution in [0.4, 0.5) is 0 Å². The monoisotopic (exact) mass is 271 g/mol. The Morgan fingerprint density at radius 1 is 1.47 bits per heavy atom. The average Bonchev–Trinajstić information content (AvgIpc) is 2.37. The molecule has 4 N–H and O–H groups in total. The van der Waals surface area contributed by atoms with Crippen molar-refractivity contribution in [3.8, 4) is 0 Å². The first-order chi connectivity index (χ1) is 9.02. The highest BCUT2D eigenvalue weighted by Crippen LogP contribution is 2.17. The Labute approximate surface area is 114 Å². The Balaban J connectivity index is 2.19. The summed E-state index contributed by atoms with van der Waals surface area (Å²) in [5, 5.41) is 11.2. The fourth-order valence-corrected chi connectivity index (χ4v) is 2.43. The first-order valence-electron chi connectivity index (χ1n) is 6.99. The highest BCUT2D eigenvalue weighted by Gasteiger charge is 2.26. The molecule has 6 nitrogen and oxygen atoms in total. The van der Waals surface area contributed by atoms with E-state index in [-0.39, 0.29) is 18.4 Å². The number of hydrogen-bond acceptors (Lipinski definition) is 4. The number of piperidine rings is 1. The Morgan fingerprint density at radius 3 is 2.84 bits per heavy atom. The lowest BCUT2D eigenvalue weighted by molar-refractivity contribution is -0.137. The van der Waals surface area contributed by atoms with E-state index in [1.54, 1.807) is 0 Å². The zero-order chi connectivity index (χ0) is 14.3. The Bertz CT molecular complexity index is 310. The molecular weight excluding hydrogens is 246 g/mol. The molecule has 1 aliphatic rings. The van der Waals surface area contributed by atoms with Crippen molar-refractivity contribution in [2.24, 2.45) is 11.7 Å². The standard InChI is InChI=1S/C13H25N3O3/c1-2-10-8-16(7-5-11(10)14)9-12(17)15-6-3-4-13(18)19/h10-11H,2-9,14H2,1H3,(H,15,17)(H,18,19). The van der Waals surface area contributed by atoms with Gasteiger partial charge in [-0.2, -0.15) is 0 Å². The van der Waals surface area contributed by atoms with Gasteiger partial charge in [0, 0.05) is 32.1 Å². The van der Waals surface area contributed by atoms with E-state index in [1.807, 2.05) is 0 Å². The van der Waals surface area contributed by atoms with Gasteiger partial charge in [-0.1, -0.05) is 13.3 Å². The number of likely N-dealkylation sites (tertiary alicyclic amines) is 1. The van der Waals surface area contributed by atoms with Crippen molar-refractivity contribution in [2.45, 2.75) is 38.6 Å². The molecule has 0 bridgehead atoms. The summed E-state index contributed by atoms with van der Waals surface area (Å²) in [7, 11) is 0. The topological polar surface area (TPSA) is 95.7 Å². The van der Waals surface area contributed by atoms with Crippen LogP contribution in [0.15, 0.2) is 0 Å². The lowest BCUT2D eigenvalue weighted by Gasteiger charge is -2.36. The minimum absolute atomic E-state index is 0.0317. The average molecular weight is 271 g/mol. The van der Waals surface area contributed by atoms with Crippen LogP contribution in [0.1, 0.15) is 32.6 Å². The molecule has 0 aromatic rings. The lowest BCUT2D eigenvalue weighted by Crippen LogP contribution is -2.49. The maximum atomic E-state index is 11.7. The van der Waals surface area contributed by atoms with Crippen LogP contribution >= 0.6 is 0 Å². The van der Waals surface area contributed by atoms with Gasteiger partial charge < -0.3 is 16.2 Å². The van der Waals surface area contributed by atoms with Crippen molar-refractivity contribution in [3.05, 3.63) is 0 Å². The van der Waals surface area contributed by atoms with Crippen LogP contribution in [-0.4, -0.2) is 54.1 Å². The second kappa shape index (κ2) is 8.12. The third-order valence-electron chi connectivity index (χ3n) is 3.66. The number of carbonyl (C=O) groups excluding carboxylic acids is 1. The van der Waals surface area contributed by atoms with Gasteiger partial charge in [-0.15, -0.1) is 0 Å². The van der Waals surface area contributed by atoms with Gasteiger partial charge >= 0.3 is 5.97 Å². The van der Waals surface area contributed by atoms with Crippen molar-refractivity contribution < 1.29 is 14.7 Å². The Morgan fingerprint density at radius 2 is 2.21 bits per heavy atom. The summed E-state index contributed by atoms with van der Waals surface area (Å²) < 4.78 is 0. The maximum absolute atomic E-state index is 11.7. The van der Waals surface area contributed by atoms with Crippen LogP contribution in [0, 0.1) is 5.92 Å². The van der Waals surface area contributed by atoms with Crippen LogP contribution in [0.2, 0.25) is 0 Å². The maximum Gasteiger partial charge on any atom is 0.303 e. The summed E-state index contributed by atoms with van der Waals surface area (Å²) in [5.41, 5.74) is 6.03. The third-order valence-corrected chi connectivity index (χ3v) is 3.66. The molecule has 1 rings (SSSR count). The van der Waals surface area contributed by atoms with Gasteiger partial charge in [0.05, 0.1) is 6.54 Å². The molecule has 0 spiro atoms. The molecule has 0 aliphatic carbocycles. The molecule has 110 valence electrons. The van der Waals surface area contributed by atoms with E-state index in [0.29, 0.717) is 25.4 Å². The summed E-state index contributed by atoms with van der Waals surface area (Å²) in [6.45, 7) is 4.67. The molecule has 19 heavy (non-hydrogen) atoms. The smallest absolute Gasteiger partial charge is 0.303 e. The van der Waals surface area contributed by atoms with Gasteiger partial charge in [-0.05, 0) is 18.8 Å². The van der Waals surface area contributed by atoms with E-state index >= 15 is 0 Å². The summed E-state index contributed by atoms with van der Waals surface area (Å²) >= 11 is 0. The van der Waals surface area contributed by atoms with E-state index in [1.165, 1.54) is 0 Å². The molecule has 0 radical (unpaired) electrons. The van der Waals surface area contributed by atoms with Gasteiger partial charge in [-0.3, -0.25) is 14.5 Å². The van der Waals surface area contributed by atoms with E-state index in [9.17, 15) is 9.59 Å². The summed E-state index contributed by atoms with van der Waals surface area (Å²) in [6, 6.07) is 0.250. The summed E-state index contributed by atoms with van der Waals surface area (Å²) in [5.74, 6) is -0.394. The second-order valence-corrected chi connectivity index (χ2v) is 5.20. The third kappa shape index (κ3) is 6.02. The molecule has 2 unspecified atom stereocenters. The number of nitrogens with zero attached hydrogens (tertiary/aromatic N) is 1. The van der Waals surface area contributed by atoms with Crippen molar-refractivity contribution in [1.29, 1.82) is 0 Å². The van der Waals surface area contributed by atoms with Crippen molar-refractivity contribution in [1.82, 2.24) is 10.2 Å². The molecule has 1 aliphatic heterocycles. The van der Waals surface area contributed by atoms with Crippen LogP contribution in [0.5, 0.6) is 0 Å². The fraction of sp³-hybridized carbons (Fsp3) is 0.846. The number of nitrogens with two attached hydrogens (primary N) is 1. The minimum Gasteiger partial charge on any atom is -0.481 e. The molecule has 1 fully saturated rings. The SMILES string of the molecule is CCC1CN(CC(=O)NCCCC(=O)O)CCC1N. The molecule has 1 amide bonds. The predicted molar refractivity (Wildman–Crippen MR) is 72.7 cm³/mol. The number of rotatable bonds is 7. The van der Waals surface area contributed by atoms with E-state index in [2.05, 4.69) is 17.1 Å². The van der Waals surface area contributed by atoms with Crippen LogP contribution in [-0.2, 0) is 9.59 Å². The number of carboxylic acid groups (broad SMARTS) is 1. The number of amides is 1. The highest BCUT2D eigenvalue weighted by molar-refractivity contribution is 5.78. The molecular formula is C13H25N3O3. The number of carbonyl (C=O) groups is 2. The molecule has 1 saturated heterocycles.